The molecule has 0 radical (unpaired) electrons. The van der Waals surface area contributed by atoms with Crippen LogP contribution < -0.4 is 4.74 Å². The van der Waals surface area contributed by atoms with Crippen molar-refractivity contribution in [3.8, 4) is 5.75 Å². The molecule has 0 aliphatic carbocycles. The van der Waals surface area contributed by atoms with Crippen molar-refractivity contribution in [1.82, 2.24) is 0 Å². The number of carbonyl (C=O) groups excluding carboxylic acids is 2. The largest absolute Gasteiger partial charge is 0.485 e. The van der Waals surface area contributed by atoms with Gasteiger partial charge in [-0.2, -0.15) is 0 Å². The lowest BCUT2D eigenvalue weighted by Crippen LogP contribution is -2.02. The second kappa shape index (κ2) is 7.00. The van der Waals surface area contributed by atoms with Gasteiger partial charge < -0.3 is 13.9 Å². The number of hydrogen-bond acceptors (Lipinski definition) is 5. The number of carbonyl (C=O) groups is 2. The van der Waals surface area contributed by atoms with E-state index in [-0.39, 0.29) is 12.4 Å². The Morgan fingerprint density at radius 2 is 1.96 bits per heavy atom. The van der Waals surface area contributed by atoms with Crippen LogP contribution in [0.4, 0.5) is 0 Å². The van der Waals surface area contributed by atoms with Crippen molar-refractivity contribution in [3.63, 3.8) is 0 Å². The molecular formula is C19H16O5. The molecule has 0 fully saturated rings. The summed E-state index contributed by atoms with van der Waals surface area (Å²) in [4.78, 5) is 23.1. The molecule has 0 saturated heterocycles. The molecule has 0 spiro atoms. The summed E-state index contributed by atoms with van der Waals surface area (Å²) in [5.74, 6) is -0.0553. The van der Waals surface area contributed by atoms with Crippen molar-refractivity contribution in [2.75, 3.05) is 6.61 Å². The molecule has 0 aliphatic heterocycles. The molecule has 5 heteroatoms. The third kappa shape index (κ3) is 3.15. The molecule has 0 aliphatic rings. The maximum atomic E-state index is 11.9. The lowest BCUT2D eigenvalue weighted by atomic mass is 10.1. The van der Waals surface area contributed by atoms with Gasteiger partial charge in [-0.15, -0.1) is 0 Å². The van der Waals surface area contributed by atoms with E-state index >= 15 is 0 Å². The highest BCUT2D eigenvalue weighted by atomic mass is 16.5. The van der Waals surface area contributed by atoms with Crippen LogP contribution in [0.5, 0.6) is 5.75 Å². The normalized spacial score (nSPS) is 10.5. The highest BCUT2D eigenvalue weighted by molar-refractivity contribution is 6.02. The number of ether oxygens (including phenoxy) is 2. The van der Waals surface area contributed by atoms with Crippen LogP contribution >= 0.6 is 0 Å². The fourth-order valence-electron chi connectivity index (χ4n) is 2.37. The van der Waals surface area contributed by atoms with E-state index in [1.807, 2.05) is 30.3 Å². The van der Waals surface area contributed by atoms with Gasteiger partial charge >= 0.3 is 5.97 Å². The summed E-state index contributed by atoms with van der Waals surface area (Å²) in [6.07, 6.45) is 0.716. The highest BCUT2D eigenvalue weighted by Crippen LogP contribution is 2.32. The maximum Gasteiger partial charge on any atom is 0.374 e. The molecule has 1 aromatic heterocycles. The second-order valence-corrected chi connectivity index (χ2v) is 5.12. The van der Waals surface area contributed by atoms with E-state index < -0.39 is 5.97 Å². The zero-order valence-corrected chi connectivity index (χ0v) is 13.2. The van der Waals surface area contributed by atoms with Gasteiger partial charge in [0.2, 0.25) is 5.76 Å². The smallest absolute Gasteiger partial charge is 0.374 e. The summed E-state index contributed by atoms with van der Waals surface area (Å²) in [5, 5.41) is 0.526. The van der Waals surface area contributed by atoms with Crippen molar-refractivity contribution in [2.24, 2.45) is 0 Å². The topological polar surface area (TPSA) is 65.7 Å². The fraction of sp³-hybridized carbons (Fsp3) is 0.158. The average Bonchev–Trinajstić information content (AvgIpc) is 3.06. The molecule has 0 amide bonds. The number of furan rings is 1. The minimum absolute atomic E-state index is 0.0470. The maximum absolute atomic E-state index is 11.9. The van der Waals surface area contributed by atoms with E-state index in [1.54, 1.807) is 19.1 Å². The summed E-state index contributed by atoms with van der Waals surface area (Å²) in [7, 11) is 0. The molecule has 2 aromatic carbocycles. The Labute approximate surface area is 138 Å². The molecule has 3 rings (SSSR count). The summed E-state index contributed by atoms with van der Waals surface area (Å²) >= 11 is 0. The van der Waals surface area contributed by atoms with Crippen LogP contribution in [0.15, 0.2) is 52.9 Å². The first-order chi connectivity index (χ1) is 11.7. The zero-order chi connectivity index (χ0) is 16.9. The van der Waals surface area contributed by atoms with Crippen molar-refractivity contribution >= 4 is 23.2 Å². The van der Waals surface area contributed by atoms with Gasteiger partial charge in [0, 0.05) is 17.0 Å². The van der Waals surface area contributed by atoms with E-state index in [4.69, 9.17) is 13.9 Å². The molecule has 122 valence electrons. The third-order valence-corrected chi connectivity index (χ3v) is 3.52. The minimum Gasteiger partial charge on any atom is -0.485 e. The first-order valence-electron chi connectivity index (χ1n) is 7.58. The Balaban J connectivity index is 1.95. The van der Waals surface area contributed by atoms with Crippen molar-refractivity contribution in [1.29, 1.82) is 0 Å². The van der Waals surface area contributed by atoms with Gasteiger partial charge in [0.25, 0.3) is 0 Å². The molecule has 0 atom stereocenters. The van der Waals surface area contributed by atoms with E-state index in [2.05, 4.69) is 0 Å². The Kier molecular flexibility index (Phi) is 4.61. The monoisotopic (exact) mass is 324 g/mol. The van der Waals surface area contributed by atoms with Crippen molar-refractivity contribution < 1.29 is 23.5 Å². The van der Waals surface area contributed by atoms with Crippen LogP contribution in [-0.4, -0.2) is 18.9 Å². The third-order valence-electron chi connectivity index (χ3n) is 3.52. The van der Waals surface area contributed by atoms with E-state index in [1.165, 1.54) is 6.07 Å². The van der Waals surface area contributed by atoms with Crippen LogP contribution in [0.3, 0.4) is 0 Å². The van der Waals surface area contributed by atoms with Gasteiger partial charge in [0.15, 0.2) is 17.6 Å². The Bertz CT molecular complexity index is 864. The zero-order valence-electron chi connectivity index (χ0n) is 13.2. The number of rotatable bonds is 6. The van der Waals surface area contributed by atoms with Gasteiger partial charge in [-0.3, -0.25) is 4.79 Å². The van der Waals surface area contributed by atoms with E-state index in [9.17, 15) is 9.59 Å². The summed E-state index contributed by atoms with van der Waals surface area (Å²) in [6.45, 7) is 2.31. The molecule has 5 nitrogen and oxygen atoms in total. The molecule has 0 saturated carbocycles. The second-order valence-electron chi connectivity index (χ2n) is 5.12. The van der Waals surface area contributed by atoms with Crippen LogP contribution in [0.25, 0.3) is 11.0 Å². The van der Waals surface area contributed by atoms with E-state index in [0.29, 0.717) is 35.2 Å². The first kappa shape index (κ1) is 15.8. The predicted molar refractivity (Wildman–Crippen MR) is 88.3 cm³/mol. The molecule has 1 heterocycles. The molecule has 0 N–H and O–H groups in total. The lowest BCUT2D eigenvalue weighted by molar-refractivity contribution is 0.0492. The number of fused-ring (bicyclic) bond motifs is 1. The van der Waals surface area contributed by atoms with Gasteiger partial charge in [-0.1, -0.05) is 30.3 Å². The molecular weight excluding hydrogens is 308 g/mol. The van der Waals surface area contributed by atoms with Crippen LogP contribution in [0.1, 0.15) is 33.4 Å². The summed E-state index contributed by atoms with van der Waals surface area (Å²) in [6, 6.07) is 14.5. The number of hydrogen-bond donors (Lipinski definition) is 0. The van der Waals surface area contributed by atoms with Crippen LogP contribution in [0, 0.1) is 0 Å². The molecule has 3 aromatic rings. The average molecular weight is 324 g/mol. The quantitative estimate of drug-likeness (QED) is 0.506. The molecule has 24 heavy (non-hydrogen) atoms. The number of esters is 1. The summed E-state index contributed by atoms with van der Waals surface area (Å²) < 4.78 is 16.3. The fourth-order valence-corrected chi connectivity index (χ4v) is 2.37. The summed E-state index contributed by atoms with van der Waals surface area (Å²) in [5.41, 5.74) is 1.79. The Morgan fingerprint density at radius 3 is 2.67 bits per heavy atom. The van der Waals surface area contributed by atoms with Crippen LogP contribution in [0.2, 0.25) is 0 Å². The van der Waals surface area contributed by atoms with Crippen molar-refractivity contribution in [2.45, 2.75) is 13.5 Å². The lowest BCUT2D eigenvalue weighted by Gasteiger charge is -2.07. The highest BCUT2D eigenvalue weighted by Gasteiger charge is 2.18. The molecule has 0 unspecified atom stereocenters. The Morgan fingerprint density at radius 1 is 1.17 bits per heavy atom. The van der Waals surface area contributed by atoms with Gasteiger partial charge in [0.1, 0.15) is 6.61 Å². The molecule has 0 bridgehead atoms. The van der Waals surface area contributed by atoms with Gasteiger partial charge in [0.05, 0.1) is 6.61 Å². The predicted octanol–water partition coefficient (Wildman–Crippen LogP) is 4.00. The standard InChI is InChI=1S/C19H16O5/c1-2-22-19(21)17-10-15-14(11-20)8-9-16(18(15)24-17)23-12-13-6-4-3-5-7-13/h3-11H,2,12H2,1H3. The number of benzene rings is 2. The van der Waals surface area contributed by atoms with E-state index in [0.717, 1.165) is 5.56 Å². The number of aldehydes is 1. The first-order valence-corrected chi connectivity index (χ1v) is 7.58. The SMILES string of the molecule is CCOC(=O)c1cc2c(C=O)ccc(OCc3ccccc3)c2o1. The van der Waals surface area contributed by atoms with Crippen molar-refractivity contribution in [3.05, 3.63) is 65.4 Å². The van der Waals surface area contributed by atoms with Crippen LogP contribution in [-0.2, 0) is 11.3 Å². The van der Waals surface area contributed by atoms with Gasteiger partial charge in [-0.05, 0) is 24.6 Å². The minimum atomic E-state index is -0.570. The Hall–Kier alpha value is -3.08. The van der Waals surface area contributed by atoms with Gasteiger partial charge in [-0.25, -0.2) is 4.79 Å².